The van der Waals surface area contributed by atoms with Gasteiger partial charge in [-0.3, -0.25) is 14.5 Å². The van der Waals surface area contributed by atoms with E-state index in [1.54, 1.807) is 6.07 Å². The first-order chi connectivity index (χ1) is 18.7. The largest absolute Gasteiger partial charge is 0.504 e. The number of phenolic OH excluding ortho intramolecular Hbond substituents is 1. The number of aromatic hydroxyl groups is 1. The molecule has 39 heavy (non-hydrogen) atoms. The number of allylic oxidation sites excluding steroid dienone is 2. The molecule has 0 unspecified atom stereocenters. The molecule has 1 aromatic carbocycles. The van der Waals surface area contributed by atoms with Crippen molar-refractivity contribution < 1.29 is 29.6 Å². The Morgan fingerprint density at radius 1 is 1.28 bits per heavy atom. The molecule has 4 atom stereocenters. The molecule has 1 aromatic heterocycles. The molecule has 2 aliphatic rings. The first-order valence-corrected chi connectivity index (χ1v) is 15.3. The number of carbonyl (C=O) groups is 2. The SMILES string of the molecule is CCC1=C([C@H](O)CC/C(=C/c2cc(I)c(O)c(OC)c2)CC)[C@H](CO)[C@@H]2C(=O)N(Cc3cccs3)C(=O)[C@@H]2C1. The Balaban J connectivity index is 1.54. The first-order valence-electron chi connectivity index (χ1n) is 13.4. The monoisotopic (exact) mass is 665 g/mol. The van der Waals surface area contributed by atoms with Crippen molar-refractivity contribution in [1.82, 2.24) is 4.90 Å². The Morgan fingerprint density at radius 3 is 2.67 bits per heavy atom. The highest BCUT2D eigenvalue weighted by Gasteiger charge is 2.54. The molecular weight excluding hydrogens is 629 g/mol. The fraction of sp³-hybridized carbons (Fsp3) is 0.467. The van der Waals surface area contributed by atoms with E-state index in [2.05, 4.69) is 29.5 Å². The second-order valence-corrected chi connectivity index (χ2v) is 12.3. The maximum atomic E-state index is 13.5. The number of halogens is 1. The zero-order valence-corrected chi connectivity index (χ0v) is 25.5. The van der Waals surface area contributed by atoms with Crippen LogP contribution in [0.15, 0.2) is 46.4 Å². The van der Waals surface area contributed by atoms with Gasteiger partial charge in [0.15, 0.2) is 11.5 Å². The Bertz CT molecular complexity index is 1270. The minimum Gasteiger partial charge on any atom is -0.504 e. The molecule has 210 valence electrons. The molecular formula is C30H36INO6S. The number of likely N-dealkylation sites (tertiary alicyclic amines) is 1. The van der Waals surface area contributed by atoms with Gasteiger partial charge in [-0.05, 0) is 89.4 Å². The van der Waals surface area contributed by atoms with Crippen LogP contribution in [0.2, 0.25) is 0 Å². The first kappa shape index (κ1) is 29.8. The van der Waals surface area contributed by atoms with E-state index in [9.17, 15) is 24.9 Å². The van der Waals surface area contributed by atoms with Crippen LogP contribution >= 0.6 is 33.9 Å². The molecule has 0 saturated carbocycles. The van der Waals surface area contributed by atoms with Gasteiger partial charge in [-0.15, -0.1) is 11.3 Å². The number of amides is 2. The molecule has 3 N–H and O–H groups in total. The summed E-state index contributed by atoms with van der Waals surface area (Å²) in [6.45, 7) is 4.03. The van der Waals surface area contributed by atoms with Crippen molar-refractivity contribution in [2.24, 2.45) is 17.8 Å². The number of rotatable bonds is 11. The van der Waals surface area contributed by atoms with E-state index in [0.29, 0.717) is 35.0 Å². The van der Waals surface area contributed by atoms with Gasteiger partial charge in [0.1, 0.15) is 0 Å². The van der Waals surface area contributed by atoms with Crippen molar-refractivity contribution in [2.45, 2.75) is 58.6 Å². The topological polar surface area (TPSA) is 107 Å². The van der Waals surface area contributed by atoms with Gasteiger partial charge < -0.3 is 20.1 Å². The molecule has 9 heteroatoms. The van der Waals surface area contributed by atoms with Gasteiger partial charge in [-0.2, -0.15) is 0 Å². The summed E-state index contributed by atoms with van der Waals surface area (Å²) in [6, 6.07) is 7.48. The van der Waals surface area contributed by atoms with Gasteiger partial charge in [0.25, 0.3) is 0 Å². The molecule has 0 spiro atoms. The molecule has 0 radical (unpaired) electrons. The zero-order chi connectivity index (χ0) is 28.3. The molecule has 1 fully saturated rings. The number of hydrogen-bond acceptors (Lipinski definition) is 7. The molecule has 1 aliphatic carbocycles. The van der Waals surface area contributed by atoms with E-state index >= 15 is 0 Å². The predicted molar refractivity (Wildman–Crippen MR) is 160 cm³/mol. The lowest BCUT2D eigenvalue weighted by Crippen LogP contribution is -2.39. The third-order valence-corrected chi connectivity index (χ3v) is 9.67. The molecule has 2 heterocycles. The number of hydrogen-bond donors (Lipinski definition) is 3. The smallest absolute Gasteiger partial charge is 0.234 e. The number of fused-ring (bicyclic) bond motifs is 1. The summed E-state index contributed by atoms with van der Waals surface area (Å²) in [7, 11) is 1.52. The number of thiophene rings is 1. The summed E-state index contributed by atoms with van der Waals surface area (Å²) in [5.41, 5.74) is 3.74. The van der Waals surface area contributed by atoms with Crippen molar-refractivity contribution in [3.05, 3.63) is 60.4 Å². The lowest BCUT2D eigenvalue weighted by Gasteiger charge is -2.36. The van der Waals surface area contributed by atoms with Crippen LogP contribution in [0.1, 0.15) is 56.4 Å². The minimum absolute atomic E-state index is 0.113. The van der Waals surface area contributed by atoms with Crippen LogP contribution in [0.25, 0.3) is 6.08 Å². The maximum absolute atomic E-state index is 13.5. The van der Waals surface area contributed by atoms with E-state index in [1.165, 1.54) is 23.3 Å². The summed E-state index contributed by atoms with van der Waals surface area (Å²) in [4.78, 5) is 29.1. The molecule has 2 amide bonds. The molecule has 0 bridgehead atoms. The molecule has 1 aliphatic heterocycles. The average Bonchev–Trinajstić information content (AvgIpc) is 3.54. The second-order valence-electron chi connectivity index (χ2n) is 10.1. The molecule has 4 rings (SSSR count). The number of nitrogens with zero attached hydrogens (tertiary/aromatic N) is 1. The summed E-state index contributed by atoms with van der Waals surface area (Å²) < 4.78 is 5.98. The summed E-state index contributed by atoms with van der Waals surface area (Å²) >= 11 is 3.58. The fourth-order valence-electron chi connectivity index (χ4n) is 5.97. The Kier molecular flexibility index (Phi) is 9.90. The van der Waals surface area contributed by atoms with Crippen LogP contribution in [-0.4, -0.2) is 51.9 Å². The Hall–Kier alpha value is -2.21. The lowest BCUT2D eigenvalue weighted by atomic mass is 9.67. The van der Waals surface area contributed by atoms with Crippen molar-refractivity contribution in [3.8, 4) is 11.5 Å². The van der Waals surface area contributed by atoms with E-state index in [4.69, 9.17) is 4.74 Å². The van der Waals surface area contributed by atoms with Gasteiger partial charge in [-0.25, -0.2) is 0 Å². The van der Waals surface area contributed by atoms with Crippen molar-refractivity contribution in [2.75, 3.05) is 13.7 Å². The van der Waals surface area contributed by atoms with E-state index in [1.807, 2.05) is 36.6 Å². The molecule has 2 aromatic rings. The van der Waals surface area contributed by atoms with E-state index in [0.717, 1.165) is 33.6 Å². The highest BCUT2D eigenvalue weighted by molar-refractivity contribution is 14.1. The number of imide groups is 1. The number of aliphatic hydroxyl groups excluding tert-OH is 2. The number of benzene rings is 1. The van der Waals surface area contributed by atoms with Gasteiger partial charge >= 0.3 is 0 Å². The van der Waals surface area contributed by atoms with Crippen molar-refractivity contribution in [1.29, 1.82) is 0 Å². The van der Waals surface area contributed by atoms with Gasteiger partial charge in [0.05, 0.1) is 41.8 Å². The number of methoxy groups -OCH3 is 1. The highest BCUT2D eigenvalue weighted by atomic mass is 127. The maximum Gasteiger partial charge on any atom is 0.234 e. The zero-order valence-electron chi connectivity index (χ0n) is 22.5. The van der Waals surface area contributed by atoms with Crippen LogP contribution in [0.3, 0.4) is 0 Å². The normalized spacial score (nSPS) is 22.5. The summed E-state index contributed by atoms with van der Waals surface area (Å²) in [5, 5.41) is 34.0. The fourth-order valence-corrected chi connectivity index (χ4v) is 7.29. The summed E-state index contributed by atoms with van der Waals surface area (Å²) in [6.07, 6.45) is 4.18. The second kappa shape index (κ2) is 13.0. The van der Waals surface area contributed by atoms with Crippen LogP contribution in [0.4, 0.5) is 0 Å². The number of carbonyl (C=O) groups excluding carboxylic acids is 2. The van der Waals surface area contributed by atoms with Crippen LogP contribution in [0, 0.1) is 21.3 Å². The number of phenols is 1. The van der Waals surface area contributed by atoms with Crippen LogP contribution in [0.5, 0.6) is 11.5 Å². The van der Waals surface area contributed by atoms with Crippen molar-refractivity contribution in [3.63, 3.8) is 0 Å². The van der Waals surface area contributed by atoms with Crippen LogP contribution < -0.4 is 4.74 Å². The quantitative estimate of drug-likeness (QED) is 0.166. The van der Waals surface area contributed by atoms with Gasteiger partial charge in [-0.1, -0.05) is 37.1 Å². The Morgan fingerprint density at radius 2 is 2.05 bits per heavy atom. The lowest BCUT2D eigenvalue weighted by molar-refractivity contribution is -0.140. The van der Waals surface area contributed by atoms with Gasteiger partial charge in [0, 0.05) is 10.8 Å². The molecule has 1 saturated heterocycles. The number of ether oxygens (including phenoxy) is 1. The standard InChI is InChI=1S/C30H36INO6S/c1-4-17(11-18-12-23(31)28(35)25(13-18)38-3)8-9-24(34)26-19(5-2)14-21-27(22(26)16-33)30(37)32(29(21)36)15-20-7-6-10-39-20/h6-7,10-13,21-22,24,27,33-35H,4-5,8-9,14-16H2,1-3H3/b17-11+/t21-,22+,24-,27-/m1/s1. The van der Waals surface area contributed by atoms with E-state index < -0.39 is 23.9 Å². The predicted octanol–water partition coefficient (Wildman–Crippen LogP) is 5.52. The van der Waals surface area contributed by atoms with Crippen molar-refractivity contribution >= 4 is 51.8 Å². The minimum atomic E-state index is -0.822. The molecule has 7 nitrogen and oxygen atoms in total. The van der Waals surface area contributed by atoms with E-state index in [-0.39, 0.29) is 30.7 Å². The third-order valence-electron chi connectivity index (χ3n) is 7.99. The third kappa shape index (κ3) is 6.11. The summed E-state index contributed by atoms with van der Waals surface area (Å²) in [5.74, 6) is -1.60. The number of aliphatic hydroxyl groups is 2. The van der Waals surface area contributed by atoms with Crippen LogP contribution in [-0.2, 0) is 16.1 Å². The Labute approximate surface area is 247 Å². The highest BCUT2D eigenvalue weighted by Crippen LogP contribution is 2.47. The average molecular weight is 666 g/mol. The van der Waals surface area contributed by atoms with Gasteiger partial charge in [0.2, 0.25) is 11.8 Å².